The number of fused-ring (bicyclic) bond motifs is 1. The van der Waals surface area contributed by atoms with Gasteiger partial charge in [-0.15, -0.1) is 11.3 Å². The molecule has 1 aliphatic heterocycles. The Labute approximate surface area is 197 Å². The summed E-state index contributed by atoms with van der Waals surface area (Å²) in [6.45, 7) is 4.28. The number of carbonyl (C=O) groups excluding carboxylic acids is 1. The second-order valence-electron chi connectivity index (χ2n) is 8.06. The van der Waals surface area contributed by atoms with E-state index in [0.717, 1.165) is 22.7 Å². The van der Waals surface area contributed by atoms with Crippen molar-refractivity contribution in [3.05, 3.63) is 88.9 Å². The second-order valence-corrected chi connectivity index (χ2v) is 10.9. The molecule has 170 valence electrons. The van der Waals surface area contributed by atoms with Crippen LogP contribution in [0.3, 0.4) is 0 Å². The zero-order valence-corrected chi connectivity index (χ0v) is 20.1. The van der Waals surface area contributed by atoms with Crippen LogP contribution in [0, 0.1) is 0 Å². The van der Waals surface area contributed by atoms with E-state index in [1.54, 1.807) is 35.7 Å². The standard InChI is InChI=1S/C24H24N4O3S2/c1-24(2)18-10-5-7-12-20(18)28(3)21(24)14-15-25-26-23(29)17-9-4-6-11-19(17)27-33(30,31)22-13-8-16-32-22/h4-16,27H,1-3H3,(H,26,29). The molecule has 0 fully saturated rings. The van der Waals surface area contributed by atoms with E-state index in [1.165, 1.54) is 17.8 Å². The number of nitrogens with zero attached hydrogens (tertiary/aromatic N) is 2. The van der Waals surface area contributed by atoms with Gasteiger partial charge in [0.2, 0.25) is 0 Å². The first-order valence-corrected chi connectivity index (χ1v) is 12.6. The molecule has 2 N–H and O–H groups in total. The van der Waals surface area contributed by atoms with Gasteiger partial charge in [-0.3, -0.25) is 9.52 Å². The van der Waals surface area contributed by atoms with E-state index in [1.807, 2.05) is 25.3 Å². The summed E-state index contributed by atoms with van der Waals surface area (Å²) < 4.78 is 27.8. The van der Waals surface area contributed by atoms with Crippen molar-refractivity contribution in [3.8, 4) is 0 Å². The van der Waals surface area contributed by atoms with Gasteiger partial charge in [-0.1, -0.05) is 50.2 Å². The third kappa shape index (κ3) is 4.42. The van der Waals surface area contributed by atoms with Gasteiger partial charge in [0, 0.05) is 30.1 Å². The van der Waals surface area contributed by atoms with Gasteiger partial charge in [-0.2, -0.15) is 5.10 Å². The number of nitrogens with one attached hydrogen (secondary N) is 2. The first-order chi connectivity index (χ1) is 15.7. The van der Waals surface area contributed by atoms with Crippen molar-refractivity contribution in [1.29, 1.82) is 0 Å². The Morgan fingerprint density at radius 2 is 1.79 bits per heavy atom. The summed E-state index contributed by atoms with van der Waals surface area (Å²) in [4.78, 5) is 14.8. The molecule has 1 aliphatic rings. The molecule has 4 rings (SSSR count). The fourth-order valence-electron chi connectivity index (χ4n) is 3.95. The van der Waals surface area contributed by atoms with Crippen LogP contribution in [0.2, 0.25) is 0 Å². The van der Waals surface area contributed by atoms with Crippen LogP contribution in [0.5, 0.6) is 0 Å². The van der Waals surface area contributed by atoms with Crippen LogP contribution in [0.4, 0.5) is 11.4 Å². The van der Waals surface area contributed by atoms with Crippen LogP contribution in [0.15, 0.2) is 87.1 Å². The zero-order chi connectivity index (χ0) is 23.6. The molecule has 0 bridgehead atoms. The molecule has 0 atom stereocenters. The number of thiophene rings is 1. The van der Waals surface area contributed by atoms with Crippen molar-refractivity contribution in [2.75, 3.05) is 16.7 Å². The normalized spacial score (nSPS) is 16.2. The number of anilines is 2. The fourth-order valence-corrected chi connectivity index (χ4v) is 6.02. The molecule has 0 spiro atoms. The zero-order valence-electron chi connectivity index (χ0n) is 18.4. The third-order valence-electron chi connectivity index (χ3n) is 5.59. The number of hydrogen-bond donors (Lipinski definition) is 2. The Morgan fingerprint density at radius 3 is 2.52 bits per heavy atom. The number of benzene rings is 2. The molecule has 0 radical (unpaired) electrons. The Balaban J connectivity index is 1.49. The molecule has 2 aromatic carbocycles. The number of carbonyl (C=O) groups is 1. The highest BCUT2D eigenvalue weighted by Gasteiger charge is 2.37. The van der Waals surface area contributed by atoms with Crippen molar-refractivity contribution >= 4 is 44.9 Å². The summed E-state index contributed by atoms with van der Waals surface area (Å²) in [7, 11) is -1.77. The number of likely N-dealkylation sites (N-methyl/N-ethyl adjacent to an activating group) is 1. The van der Waals surface area contributed by atoms with Gasteiger partial charge >= 0.3 is 0 Å². The first kappa shape index (κ1) is 22.8. The minimum Gasteiger partial charge on any atom is -0.347 e. The van der Waals surface area contributed by atoms with E-state index in [2.05, 4.69) is 46.1 Å². The molecule has 0 saturated heterocycles. The maximum absolute atomic E-state index is 12.7. The highest BCUT2D eigenvalue weighted by atomic mass is 32.2. The predicted molar refractivity (Wildman–Crippen MR) is 133 cm³/mol. The highest BCUT2D eigenvalue weighted by molar-refractivity contribution is 7.94. The number of para-hydroxylation sites is 2. The number of hydrogen-bond acceptors (Lipinski definition) is 6. The Hall–Kier alpha value is -3.43. The average Bonchev–Trinajstić information content (AvgIpc) is 3.40. The van der Waals surface area contributed by atoms with Crippen LogP contribution >= 0.6 is 11.3 Å². The lowest BCUT2D eigenvalue weighted by atomic mass is 9.84. The SMILES string of the molecule is CN1C(=CC=NNC(=O)c2ccccc2NS(=O)(=O)c2cccs2)C(C)(C)c2ccccc21. The van der Waals surface area contributed by atoms with Crippen LogP contribution in [-0.4, -0.2) is 27.6 Å². The van der Waals surface area contributed by atoms with Gasteiger partial charge in [0.15, 0.2) is 0 Å². The van der Waals surface area contributed by atoms with Crippen molar-refractivity contribution < 1.29 is 13.2 Å². The molecule has 0 unspecified atom stereocenters. The molecule has 0 saturated carbocycles. The summed E-state index contributed by atoms with van der Waals surface area (Å²) in [5.41, 5.74) is 6.05. The van der Waals surface area contributed by atoms with Crippen molar-refractivity contribution in [1.82, 2.24) is 5.43 Å². The van der Waals surface area contributed by atoms with Crippen molar-refractivity contribution in [2.24, 2.45) is 5.10 Å². The average molecular weight is 481 g/mol. The summed E-state index contributed by atoms with van der Waals surface area (Å²) in [6, 6.07) is 17.8. The number of allylic oxidation sites excluding steroid dienone is 2. The summed E-state index contributed by atoms with van der Waals surface area (Å²) in [6.07, 6.45) is 3.40. The van der Waals surface area contributed by atoms with Crippen LogP contribution < -0.4 is 15.0 Å². The van der Waals surface area contributed by atoms with Crippen LogP contribution in [0.1, 0.15) is 29.8 Å². The van der Waals surface area contributed by atoms with Crippen LogP contribution in [0.25, 0.3) is 0 Å². The maximum Gasteiger partial charge on any atom is 0.273 e. The number of rotatable bonds is 6. The van der Waals surface area contributed by atoms with Gasteiger partial charge in [0.25, 0.3) is 15.9 Å². The molecule has 2 heterocycles. The van der Waals surface area contributed by atoms with E-state index >= 15 is 0 Å². The monoisotopic (exact) mass is 480 g/mol. The topological polar surface area (TPSA) is 90.9 Å². The quantitative estimate of drug-likeness (QED) is 0.399. The summed E-state index contributed by atoms with van der Waals surface area (Å²) in [5, 5.41) is 5.74. The number of hydrazone groups is 1. The summed E-state index contributed by atoms with van der Waals surface area (Å²) >= 11 is 1.10. The fraction of sp³-hybridized carbons (Fsp3) is 0.167. The van der Waals surface area contributed by atoms with E-state index in [9.17, 15) is 13.2 Å². The molecule has 7 nitrogen and oxygen atoms in total. The highest BCUT2D eigenvalue weighted by Crippen LogP contribution is 2.46. The molecular formula is C24H24N4O3S2. The number of amides is 1. The lowest BCUT2D eigenvalue weighted by Crippen LogP contribution is -2.23. The molecule has 3 aromatic rings. The third-order valence-corrected chi connectivity index (χ3v) is 8.35. The Bertz CT molecular complexity index is 1340. The largest absolute Gasteiger partial charge is 0.347 e. The second kappa shape index (κ2) is 8.84. The van der Waals surface area contributed by atoms with E-state index < -0.39 is 15.9 Å². The van der Waals surface area contributed by atoms with Gasteiger partial charge in [-0.05, 0) is 41.3 Å². The minimum atomic E-state index is -3.77. The van der Waals surface area contributed by atoms with Crippen molar-refractivity contribution in [2.45, 2.75) is 23.5 Å². The maximum atomic E-state index is 12.7. The van der Waals surface area contributed by atoms with Gasteiger partial charge in [0.05, 0.1) is 11.3 Å². The summed E-state index contributed by atoms with van der Waals surface area (Å²) in [5.74, 6) is -0.517. The molecule has 9 heteroatoms. The van der Waals surface area contributed by atoms with Gasteiger partial charge in [0.1, 0.15) is 4.21 Å². The predicted octanol–water partition coefficient (Wildman–Crippen LogP) is 4.58. The van der Waals surface area contributed by atoms with E-state index in [-0.39, 0.29) is 20.9 Å². The molecule has 1 aromatic heterocycles. The smallest absolute Gasteiger partial charge is 0.273 e. The molecule has 33 heavy (non-hydrogen) atoms. The van der Waals surface area contributed by atoms with Crippen LogP contribution in [-0.2, 0) is 15.4 Å². The lowest BCUT2D eigenvalue weighted by molar-refractivity contribution is 0.0956. The molecule has 1 amide bonds. The Morgan fingerprint density at radius 1 is 1.06 bits per heavy atom. The Kier molecular flexibility index (Phi) is 6.09. The number of sulfonamides is 1. The van der Waals surface area contributed by atoms with Gasteiger partial charge in [-0.25, -0.2) is 13.8 Å². The molecule has 0 aliphatic carbocycles. The lowest BCUT2D eigenvalue weighted by Gasteiger charge is -2.23. The minimum absolute atomic E-state index is 0.173. The van der Waals surface area contributed by atoms with E-state index in [4.69, 9.17) is 0 Å². The molecular weight excluding hydrogens is 456 g/mol. The van der Waals surface area contributed by atoms with E-state index in [0.29, 0.717) is 0 Å². The van der Waals surface area contributed by atoms with Crippen molar-refractivity contribution in [3.63, 3.8) is 0 Å². The van der Waals surface area contributed by atoms with Gasteiger partial charge < -0.3 is 4.90 Å². The first-order valence-electron chi connectivity index (χ1n) is 10.2.